The largest absolute Gasteiger partial charge is 0.360 e. The lowest BCUT2D eigenvalue weighted by Crippen LogP contribution is -2.34. The summed E-state index contributed by atoms with van der Waals surface area (Å²) in [5, 5.41) is 33.3. The second-order valence-corrected chi connectivity index (χ2v) is 11.5. The second kappa shape index (κ2) is 20.7. The van der Waals surface area contributed by atoms with E-state index in [-0.39, 0.29) is 34.1 Å². The Morgan fingerprint density at radius 1 is 0.957 bits per heavy atom. The first-order valence-corrected chi connectivity index (χ1v) is 16.9. The molecule has 2 aromatic carbocycles. The molecule has 4 N–H and O–H groups in total. The molecule has 3 rings (SSSR count). The van der Waals surface area contributed by atoms with Crippen molar-refractivity contribution in [2.75, 3.05) is 45.1 Å². The summed E-state index contributed by atoms with van der Waals surface area (Å²) in [4.78, 5) is 40.3. The number of amides is 3. The quantitative estimate of drug-likeness (QED) is 0.155. The van der Waals surface area contributed by atoms with Crippen LogP contribution in [0.1, 0.15) is 63.7 Å². The van der Waals surface area contributed by atoms with Gasteiger partial charge in [0.15, 0.2) is 0 Å². The van der Waals surface area contributed by atoms with E-state index in [2.05, 4.69) is 46.1 Å². The molecule has 0 bridgehead atoms. The van der Waals surface area contributed by atoms with Gasteiger partial charge in [-0.2, -0.15) is 10.5 Å². The Bertz CT molecular complexity index is 1460. The fraction of sp³-hybridized carbons (Fsp3) is 0.457. The highest BCUT2D eigenvalue weighted by molar-refractivity contribution is 8.06. The summed E-state index contributed by atoms with van der Waals surface area (Å²) in [6.45, 7) is 11.9. The number of carbonyl (C=O) groups excluding carboxylic acids is 3. The number of hydrogen-bond donors (Lipinski definition) is 4. The Morgan fingerprint density at radius 2 is 1.63 bits per heavy atom. The van der Waals surface area contributed by atoms with E-state index in [4.69, 9.17) is 5.26 Å². The molecule has 1 aliphatic rings. The lowest BCUT2D eigenvalue weighted by Gasteiger charge is -2.24. The van der Waals surface area contributed by atoms with Crippen molar-refractivity contribution >= 4 is 45.9 Å². The smallest absolute Gasteiger partial charge is 0.262 e. The average molecular weight is 646 g/mol. The van der Waals surface area contributed by atoms with Gasteiger partial charge in [0.1, 0.15) is 11.6 Å². The Hall–Kier alpha value is -4.32. The number of thioether (sulfide) groups is 1. The number of nitrogens with one attached hydrogen (secondary N) is 4. The van der Waals surface area contributed by atoms with Crippen LogP contribution >= 0.6 is 11.8 Å². The number of hydrogen-bond acceptors (Lipinski definition) is 8. The summed E-state index contributed by atoms with van der Waals surface area (Å²) in [7, 11) is 1.51. The van der Waals surface area contributed by atoms with E-state index in [1.807, 2.05) is 50.2 Å². The van der Waals surface area contributed by atoms with Crippen molar-refractivity contribution in [1.82, 2.24) is 20.9 Å². The molecule has 0 aliphatic heterocycles. The number of carbonyl (C=O) groups is 3. The predicted molar refractivity (Wildman–Crippen MR) is 187 cm³/mol. The molecule has 0 unspecified atom stereocenters. The van der Waals surface area contributed by atoms with Crippen molar-refractivity contribution in [1.29, 1.82) is 10.5 Å². The van der Waals surface area contributed by atoms with Gasteiger partial charge in [0.25, 0.3) is 17.7 Å². The van der Waals surface area contributed by atoms with Gasteiger partial charge < -0.3 is 26.2 Å². The number of nitrogens with zero attached hydrogens (tertiary/aromatic N) is 3. The molecule has 1 saturated carbocycles. The third kappa shape index (κ3) is 11.9. The molecular weight excluding hydrogens is 598 g/mol. The Labute approximate surface area is 277 Å². The van der Waals surface area contributed by atoms with Crippen LogP contribution in [0.4, 0.5) is 5.69 Å². The highest BCUT2D eigenvalue weighted by Crippen LogP contribution is 2.28. The van der Waals surface area contributed by atoms with Gasteiger partial charge in [0.05, 0.1) is 11.0 Å². The second-order valence-electron chi connectivity index (χ2n) is 10.6. The van der Waals surface area contributed by atoms with Gasteiger partial charge in [-0.25, -0.2) is 0 Å². The van der Waals surface area contributed by atoms with Crippen molar-refractivity contribution < 1.29 is 14.4 Å². The van der Waals surface area contributed by atoms with Crippen molar-refractivity contribution in [3.8, 4) is 12.1 Å². The fourth-order valence-corrected chi connectivity index (χ4v) is 5.69. The lowest BCUT2D eigenvalue weighted by atomic mass is 9.83. The molecule has 1 aliphatic carbocycles. The zero-order valence-electron chi connectivity index (χ0n) is 27.6. The number of rotatable bonds is 14. The summed E-state index contributed by atoms with van der Waals surface area (Å²) in [5.74, 6) is -0.599. The van der Waals surface area contributed by atoms with Crippen molar-refractivity contribution in [3.05, 3.63) is 64.0 Å². The van der Waals surface area contributed by atoms with Crippen molar-refractivity contribution in [2.24, 2.45) is 11.8 Å². The maximum Gasteiger partial charge on any atom is 0.262 e. The van der Waals surface area contributed by atoms with Gasteiger partial charge in [-0.3, -0.25) is 14.4 Å². The average Bonchev–Trinajstić information content (AvgIpc) is 3.10. The maximum absolute atomic E-state index is 12.6. The van der Waals surface area contributed by atoms with Gasteiger partial charge in [-0.1, -0.05) is 51.6 Å². The molecule has 0 atom stereocenters. The lowest BCUT2D eigenvalue weighted by molar-refractivity contribution is -0.117. The van der Waals surface area contributed by atoms with Gasteiger partial charge in [0.2, 0.25) is 0 Å². The molecule has 0 saturated heterocycles. The van der Waals surface area contributed by atoms with E-state index in [1.54, 1.807) is 6.07 Å². The first kappa shape index (κ1) is 37.9. The molecule has 46 heavy (non-hydrogen) atoms. The highest BCUT2D eigenvalue weighted by atomic mass is 32.2. The number of benzene rings is 2. The Kier molecular flexibility index (Phi) is 17.0. The topological polar surface area (TPSA) is 150 Å². The number of likely N-dealkylation sites (N-methyl/N-ethyl adjacent to an activating group) is 2. The molecule has 11 heteroatoms. The van der Waals surface area contributed by atoms with Crippen molar-refractivity contribution in [2.45, 2.75) is 53.4 Å². The Morgan fingerprint density at radius 3 is 2.26 bits per heavy atom. The summed E-state index contributed by atoms with van der Waals surface area (Å²) in [6, 6.07) is 15.4. The van der Waals surface area contributed by atoms with E-state index >= 15 is 0 Å². The van der Waals surface area contributed by atoms with Crippen LogP contribution in [0.15, 0.2) is 58.5 Å². The third-order valence-corrected chi connectivity index (χ3v) is 8.69. The molecule has 0 spiro atoms. The van der Waals surface area contributed by atoms with Gasteiger partial charge in [-0.05, 0) is 85.1 Å². The normalized spacial score (nSPS) is 16.3. The molecule has 2 aromatic rings. The monoisotopic (exact) mass is 645 g/mol. The van der Waals surface area contributed by atoms with Crippen LogP contribution in [0.25, 0.3) is 10.8 Å². The van der Waals surface area contributed by atoms with E-state index in [0.717, 1.165) is 73.5 Å². The molecule has 1 fully saturated rings. The fourth-order valence-electron chi connectivity index (χ4n) is 4.95. The maximum atomic E-state index is 12.6. The molecule has 0 radical (unpaired) electrons. The van der Waals surface area contributed by atoms with Crippen LogP contribution in [-0.2, 0) is 9.59 Å². The minimum absolute atomic E-state index is 0.0877. The molecule has 0 heterocycles. The zero-order valence-corrected chi connectivity index (χ0v) is 28.4. The van der Waals surface area contributed by atoms with Crippen LogP contribution in [0.3, 0.4) is 0 Å². The van der Waals surface area contributed by atoms with E-state index in [9.17, 15) is 19.6 Å². The number of nitriles is 2. The predicted octanol–water partition coefficient (Wildman–Crippen LogP) is 5.52. The van der Waals surface area contributed by atoms with E-state index in [0.29, 0.717) is 18.7 Å². The summed E-state index contributed by atoms with van der Waals surface area (Å²) in [5.41, 5.74) is 1.23. The van der Waals surface area contributed by atoms with Gasteiger partial charge >= 0.3 is 0 Å². The molecule has 10 nitrogen and oxygen atoms in total. The summed E-state index contributed by atoms with van der Waals surface area (Å²) < 4.78 is 0. The minimum Gasteiger partial charge on any atom is -0.360 e. The SMILES string of the molecule is CC.CCN(CC)CCNC(=O)c1ccc2cc(N/C=C(/S/C=C(/C#N)C(=O)NCC3CCC(C#N)CC3)C(=O)NC)ccc2c1. The minimum atomic E-state index is -0.488. The number of anilines is 1. The summed E-state index contributed by atoms with van der Waals surface area (Å²) in [6.07, 6.45) is 4.93. The number of fused-ring (bicyclic) bond motifs is 1. The first-order chi connectivity index (χ1) is 22.3. The highest BCUT2D eigenvalue weighted by Gasteiger charge is 2.22. The molecular formula is C35H47N7O3S. The van der Waals surface area contributed by atoms with Crippen LogP contribution in [-0.4, -0.2) is 62.4 Å². The zero-order chi connectivity index (χ0) is 33.9. The Balaban J connectivity index is 0.00000361. The van der Waals surface area contributed by atoms with Crippen LogP contribution < -0.4 is 21.3 Å². The van der Waals surface area contributed by atoms with Crippen LogP contribution in [0, 0.1) is 34.5 Å². The molecule has 0 aromatic heterocycles. The third-order valence-electron chi connectivity index (χ3n) is 7.78. The molecule has 3 amide bonds. The van der Waals surface area contributed by atoms with Crippen LogP contribution in [0.2, 0.25) is 0 Å². The molecule has 246 valence electrons. The van der Waals surface area contributed by atoms with Gasteiger partial charge in [0, 0.05) is 50.1 Å². The standard InChI is InChI=1S/C33H41N7O3S.C2H6/c1-4-40(5-2)15-14-37-31(41)27-11-10-26-17-29(13-12-25(26)16-27)38-21-30(33(43)36-3)44-22-28(19-35)32(42)39-20-24-8-6-23(18-34)7-9-24;1-2/h10-13,16-17,21-24,38H,4-9,14-15,20H2,1-3H3,(H,36,43)(H,37,41)(H,39,42);1-2H3/b28-22-,30-21+;. The van der Waals surface area contributed by atoms with Gasteiger partial charge in [-0.15, -0.1) is 0 Å². The van der Waals surface area contributed by atoms with Crippen molar-refractivity contribution in [3.63, 3.8) is 0 Å². The van der Waals surface area contributed by atoms with Crippen LogP contribution in [0.5, 0.6) is 0 Å². The summed E-state index contributed by atoms with van der Waals surface area (Å²) >= 11 is 0.977. The van der Waals surface area contributed by atoms with E-state index in [1.165, 1.54) is 18.7 Å². The van der Waals surface area contributed by atoms with E-state index < -0.39 is 5.91 Å². The first-order valence-electron chi connectivity index (χ1n) is 16.0.